The predicted octanol–water partition coefficient (Wildman–Crippen LogP) is -0.440. The highest BCUT2D eigenvalue weighted by atomic mass is 16.5. The summed E-state index contributed by atoms with van der Waals surface area (Å²) in [5.41, 5.74) is 0. The van der Waals surface area contributed by atoms with Gasteiger partial charge in [0.05, 0.1) is 19.3 Å². The van der Waals surface area contributed by atoms with Crippen molar-refractivity contribution in [3.05, 3.63) is 18.2 Å². The molecule has 86 valence electrons. The summed E-state index contributed by atoms with van der Waals surface area (Å²) in [5, 5.41) is 12.2. The normalized spacial score (nSPS) is 13.0. The number of aliphatic hydroxyl groups is 1. The summed E-state index contributed by atoms with van der Waals surface area (Å²) in [4.78, 5) is 4.21. The number of hydrogen-bond donors (Lipinski definition) is 2. The molecule has 0 aliphatic carbocycles. The van der Waals surface area contributed by atoms with Gasteiger partial charge >= 0.3 is 0 Å². The smallest absolute Gasteiger partial charge is 0.109 e. The lowest BCUT2D eigenvalue weighted by atomic mass is 10.3. The molecule has 1 heterocycles. The molecule has 0 amide bonds. The molecule has 0 fully saturated rings. The van der Waals surface area contributed by atoms with Gasteiger partial charge in [0.15, 0.2) is 0 Å². The SMILES string of the molecule is COCC(CO)NCCc1nccn1C. The van der Waals surface area contributed by atoms with Crippen LogP contribution in [0.4, 0.5) is 0 Å². The zero-order valence-electron chi connectivity index (χ0n) is 9.31. The molecule has 2 N–H and O–H groups in total. The van der Waals surface area contributed by atoms with Crippen LogP contribution in [0.1, 0.15) is 5.82 Å². The van der Waals surface area contributed by atoms with Crippen molar-refractivity contribution in [3.8, 4) is 0 Å². The van der Waals surface area contributed by atoms with Crippen molar-refractivity contribution in [2.24, 2.45) is 7.05 Å². The lowest BCUT2D eigenvalue weighted by Crippen LogP contribution is -2.37. The molecule has 1 rings (SSSR count). The summed E-state index contributed by atoms with van der Waals surface area (Å²) in [6.07, 6.45) is 4.56. The van der Waals surface area contributed by atoms with E-state index in [1.807, 2.05) is 17.8 Å². The van der Waals surface area contributed by atoms with Gasteiger partial charge in [0.2, 0.25) is 0 Å². The van der Waals surface area contributed by atoms with Gasteiger partial charge in [-0.2, -0.15) is 0 Å². The summed E-state index contributed by atoms with van der Waals surface area (Å²) in [6.45, 7) is 1.41. The second-order valence-corrected chi connectivity index (χ2v) is 3.49. The summed E-state index contributed by atoms with van der Waals surface area (Å²) in [6, 6.07) is 0.00951. The maximum Gasteiger partial charge on any atom is 0.109 e. The van der Waals surface area contributed by atoms with E-state index in [1.54, 1.807) is 13.3 Å². The quantitative estimate of drug-likeness (QED) is 0.644. The van der Waals surface area contributed by atoms with Crippen LogP contribution in [0.3, 0.4) is 0 Å². The molecular formula is C10H19N3O2. The fourth-order valence-electron chi connectivity index (χ4n) is 1.40. The van der Waals surface area contributed by atoms with Gasteiger partial charge in [-0.15, -0.1) is 0 Å². The topological polar surface area (TPSA) is 59.3 Å². The average Bonchev–Trinajstić information content (AvgIpc) is 2.63. The number of hydrogen-bond acceptors (Lipinski definition) is 4. The molecular weight excluding hydrogens is 194 g/mol. The molecule has 1 aromatic rings. The molecule has 0 saturated carbocycles. The minimum atomic E-state index is 0.00951. The Morgan fingerprint density at radius 2 is 2.47 bits per heavy atom. The summed E-state index contributed by atoms with van der Waals surface area (Å²) in [7, 11) is 3.60. The molecule has 15 heavy (non-hydrogen) atoms. The summed E-state index contributed by atoms with van der Waals surface area (Å²) >= 11 is 0. The number of ether oxygens (including phenoxy) is 1. The fraction of sp³-hybridized carbons (Fsp3) is 0.700. The van der Waals surface area contributed by atoms with E-state index >= 15 is 0 Å². The predicted molar refractivity (Wildman–Crippen MR) is 57.7 cm³/mol. The van der Waals surface area contributed by atoms with Crippen LogP contribution in [-0.4, -0.2) is 47.6 Å². The molecule has 1 aromatic heterocycles. The zero-order valence-corrected chi connectivity index (χ0v) is 9.31. The molecule has 1 unspecified atom stereocenters. The first-order valence-corrected chi connectivity index (χ1v) is 5.07. The maximum atomic E-state index is 9.01. The number of nitrogens with zero attached hydrogens (tertiary/aromatic N) is 2. The number of aliphatic hydroxyl groups excluding tert-OH is 1. The molecule has 0 aromatic carbocycles. The molecule has 0 aliphatic rings. The van der Waals surface area contributed by atoms with Crippen molar-refractivity contribution >= 4 is 0 Å². The maximum absolute atomic E-state index is 9.01. The van der Waals surface area contributed by atoms with Crippen molar-refractivity contribution in [1.29, 1.82) is 0 Å². The van der Waals surface area contributed by atoms with Gasteiger partial charge < -0.3 is 19.7 Å². The zero-order chi connectivity index (χ0) is 11.1. The highest BCUT2D eigenvalue weighted by Gasteiger charge is 2.06. The first-order chi connectivity index (χ1) is 7.27. The number of imidazole rings is 1. The molecule has 0 radical (unpaired) electrons. The Bertz CT molecular complexity index is 275. The van der Waals surface area contributed by atoms with E-state index in [0.29, 0.717) is 6.61 Å². The van der Waals surface area contributed by atoms with Gasteiger partial charge in [-0.1, -0.05) is 0 Å². The molecule has 5 heteroatoms. The van der Waals surface area contributed by atoms with Gasteiger partial charge in [-0.3, -0.25) is 0 Å². The van der Waals surface area contributed by atoms with Crippen LogP contribution in [0, 0.1) is 0 Å². The number of aromatic nitrogens is 2. The highest BCUT2D eigenvalue weighted by Crippen LogP contribution is 1.94. The molecule has 0 saturated heterocycles. The molecule has 5 nitrogen and oxygen atoms in total. The monoisotopic (exact) mass is 213 g/mol. The van der Waals surface area contributed by atoms with Crippen molar-refractivity contribution in [2.45, 2.75) is 12.5 Å². The van der Waals surface area contributed by atoms with Gasteiger partial charge in [-0.25, -0.2) is 4.98 Å². The lowest BCUT2D eigenvalue weighted by Gasteiger charge is -2.14. The average molecular weight is 213 g/mol. The second-order valence-electron chi connectivity index (χ2n) is 3.49. The third-order valence-electron chi connectivity index (χ3n) is 2.29. The largest absolute Gasteiger partial charge is 0.395 e. The van der Waals surface area contributed by atoms with Crippen molar-refractivity contribution in [2.75, 3.05) is 26.9 Å². The lowest BCUT2D eigenvalue weighted by molar-refractivity contribution is 0.129. The van der Waals surface area contributed by atoms with Gasteiger partial charge in [0.1, 0.15) is 5.82 Å². The van der Waals surface area contributed by atoms with Crippen LogP contribution in [0.2, 0.25) is 0 Å². The highest BCUT2D eigenvalue weighted by molar-refractivity contribution is 4.91. The number of aryl methyl sites for hydroxylation is 1. The number of nitrogens with one attached hydrogen (secondary N) is 1. The van der Waals surface area contributed by atoms with Gasteiger partial charge in [0, 0.05) is 39.5 Å². The van der Waals surface area contributed by atoms with Crippen LogP contribution in [0.5, 0.6) is 0 Å². The van der Waals surface area contributed by atoms with Crippen molar-refractivity contribution < 1.29 is 9.84 Å². The Morgan fingerprint density at radius 3 is 3.00 bits per heavy atom. The minimum Gasteiger partial charge on any atom is -0.395 e. The Morgan fingerprint density at radius 1 is 1.67 bits per heavy atom. The first-order valence-electron chi connectivity index (χ1n) is 5.07. The van der Waals surface area contributed by atoms with E-state index in [2.05, 4.69) is 10.3 Å². The van der Waals surface area contributed by atoms with E-state index in [9.17, 15) is 0 Å². The van der Waals surface area contributed by atoms with Crippen molar-refractivity contribution in [3.63, 3.8) is 0 Å². The Labute approximate surface area is 90.1 Å². The van der Waals surface area contributed by atoms with Crippen LogP contribution in [0.25, 0.3) is 0 Å². The molecule has 0 spiro atoms. The van der Waals surface area contributed by atoms with E-state index in [4.69, 9.17) is 9.84 Å². The molecule has 0 aliphatic heterocycles. The van der Waals surface area contributed by atoms with Gasteiger partial charge in [-0.05, 0) is 0 Å². The number of rotatable bonds is 7. The summed E-state index contributed by atoms with van der Waals surface area (Å²) in [5.74, 6) is 1.04. The van der Waals surface area contributed by atoms with Crippen LogP contribution >= 0.6 is 0 Å². The Hall–Kier alpha value is -0.910. The van der Waals surface area contributed by atoms with Crippen LogP contribution in [0.15, 0.2) is 12.4 Å². The molecule has 0 bridgehead atoms. The third kappa shape index (κ3) is 3.99. The molecule has 1 atom stereocenters. The minimum absolute atomic E-state index is 0.00951. The standard InChI is InChI=1S/C10H19N3O2/c1-13-6-5-12-10(13)3-4-11-9(7-14)8-15-2/h5-6,9,11,14H,3-4,7-8H2,1-2H3. The Kier molecular flexibility index (Phi) is 5.31. The van der Waals surface area contributed by atoms with Crippen LogP contribution < -0.4 is 5.32 Å². The van der Waals surface area contributed by atoms with E-state index in [0.717, 1.165) is 18.8 Å². The number of methoxy groups -OCH3 is 1. The van der Waals surface area contributed by atoms with E-state index in [1.165, 1.54) is 0 Å². The van der Waals surface area contributed by atoms with Gasteiger partial charge in [0.25, 0.3) is 0 Å². The summed E-state index contributed by atoms with van der Waals surface area (Å²) < 4.78 is 6.96. The van der Waals surface area contributed by atoms with E-state index < -0.39 is 0 Å². The van der Waals surface area contributed by atoms with Crippen molar-refractivity contribution in [1.82, 2.24) is 14.9 Å². The van der Waals surface area contributed by atoms with E-state index in [-0.39, 0.29) is 12.6 Å². The Balaban J connectivity index is 2.23. The first kappa shape index (κ1) is 12.2. The van der Waals surface area contributed by atoms with Crippen LogP contribution in [-0.2, 0) is 18.2 Å². The fourth-order valence-corrected chi connectivity index (χ4v) is 1.40. The second kappa shape index (κ2) is 6.55. The third-order valence-corrected chi connectivity index (χ3v) is 2.29.